The number of allylic oxidation sites excluding steroid dienone is 1. The van der Waals surface area contributed by atoms with Gasteiger partial charge in [0.2, 0.25) is 11.8 Å². The Labute approximate surface area is 246 Å². The van der Waals surface area contributed by atoms with Gasteiger partial charge in [-0.2, -0.15) is 0 Å². The molecule has 3 aliphatic heterocycles. The van der Waals surface area contributed by atoms with E-state index in [0.717, 1.165) is 63.1 Å². The summed E-state index contributed by atoms with van der Waals surface area (Å²) in [4.78, 5) is 27.3. The van der Waals surface area contributed by atoms with Crippen LogP contribution in [0.2, 0.25) is 0 Å². The van der Waals surface area contributed by atoms with Crippen molar-refractivity contribution in [1.29, 1.82) is 0 Å². The molecule has 3 heterocycles. The quantitative estimate of drug-likeness (QED) is 0.383. The van der Waals surface area contributed by atoms with Crippen LogP contribution in [0.1, 0.15) is 91.9 Å². The van der Waals surface area contributed by atoms with Crippen LogP contribution in [0.15, 0.2) is 11.6 Å². The molecule has 3 saturated carbocycles. The minimum Gasteiger partial charge on any atom is -0.353 e. The summed E-state index contributed by atoms with van der Waals surface area (Å²) in [5, 5.41) is 6.51. The average molecular weight is 568 g/mol. The second kappa shape index (κ2) is 10.3. The van der Waals surface area contributed by atoms with E-state index in [9.17, 15) is 9.59 Å². The third kappa shape index (κ3) is 4.54. The summed E-state index contributed by atoms with van der Waals surface area (Å²) >= 11 is 0. The molecule has 6 fully saturated rings. The fraction of sp³-hybridized carbons (Fsp3) is 0.882. The predicted octanol–water partition coefficient (Wildman–Crippen LogP) is 4.66. The van der Waals surface area contributed by atoms with Crippen LogP contribution in [0.4, 0.5) is 0 Å². The fourth-order valence-electron chi connectivity index (χ4n) is 11.2. The van der Waals surface area contributed by atoms with Crippen molar-refractivity contribution in [3.63, 3.8) is 0 Å². The van der Waals surface area contributed by atoms with Gasteiger partial charge in [0.05, 0.1) is 12.7 Å². The number of hydrogen-bond donors (Lipinski definition) is 2. The van der Waals surface area contributed by atoms with Crippen molar-refractivity contribution in [2.24, 2.45) is 46.3 Å². The number of hydrogen-bond acceptors (Lipinski definition) is 5. The number of carbonyl (C=O) groups is 2. The number of carbonyl (C=O) groups excluding carboxylic acids is 2. The largest absolute Gasteiger partial charge is 0.353 e. The summed E-state index contributed by atoms with van der Waals surface area (Å²) in [6, 6.07) is 0.151. The highest BCUT2D eigenvalue weighted by molar-refractivity contribution is 5.97. The molecule has 7 nitrogen and oxygen atoms in total. The van der Waals surface area contributed by atoms with Gasteiger partial charge in [0.15, 0.2) is 5.79 Å². The topological polar surface area (TPSA) is 79.9 Å². The molecule has 0 aromatic carbocycles. The number of nitrogens with zero attached hydrogens (tertiary/aromatic N) is 1. The van der Waals surface area contributed by atoms with E-state index >= 15 is 0 Å². The van der Waals surface area contributed by atoms with Crippen LogP contribution in [0.5, 0.6) is 0 Å². The van der Waals surface area contributed by atoms with Crippen molar-refractivity contribution >= 4 is 11.8 Å². The first kappa shape index (κ1) is 28.3. The highest BCUT2D eigenvalue weighted by Gasteiger charge is 2.68. The van der Waals surface area contributed by atoms with Gasteiger partial charge in [0, 0.05) is 44.6 Å². The molecular weight excluding hydrogens is 514 g/mol. The molecule has 0 radical (unpaired) electrons. The lowest BCUT2D eigenvalue weighted by atomic mass is 9.46. The third-order valence-corrected chi connectivity index (χ3v) is 13.5. The molecule has 1 unspecified atom stereocenters. The van der Waals surface area contributed by atoms with Gasteiger partial charge in [-0.05, 0) is 91.8 Å². The van der Waals surface area contributed by atoms with E-state index in [-0.39, 0.29) is 35.5 Å². The monoisotopic (exact) mass is 567 g/mol. The number of rotatable bonds is 3. The van der Waals surface area contributed by atoms with Crippen molar-refractivity contribution in [2.75, 3.05) is 32.8 Å². The summed E-state index contributed by atoms with van der Waals surface area (Å²) in [6.45, 7) is 13.7. The van der Waals surface area contributed by atoms with Crippen molar-refractivity contribution in [2.45, 2.75) is 110 Å². The second-order valence-electron chi connectivity index (χ2n) is 15.6. The Hall–Kier alpha value is -1.44. The SMILES string of the molecule is C[C@@H]1CC[C@@]2(OC1)O[C@H]1C[C@H]3[C@@H]4CC=C5CC(NC(=O)CC(=O)N6CCNCC6)CC[C@]5(C)[C@H]4CC[C@]3(C)[C@H]1[C@@H]2C. The highest BCUT2D eigenvalue weighted by atomic mass is 16.7. The summed E-state index contributed by atoms with van der Waals surface area (Å²) in [5.74, 6) is 3.41. The number of amides is 2. The van der Waals surface area contributed by atoms with Gasteiger partial charge >= 0.3 is 0 Å². The predicted molar refractivity (Wildman–Crippen MR) is 158 cm³/mol. The van der Waals surface area contributed by atoms with Crippen LogP contribution in [0.3, 0.4) is 0 Å². The van der Waals surface area contributed by atoms with Crippen molar-refractivity contribution in [3.05, 3.63) is 11.6 Å². The van der Waals surface area contributed by atoms with E-state index in [1.807, 2.05) is 4.90 Å². The Morgan fingerprint density at radius 3 is 2.63 bits per heavy atom. The van der Waals surface area contributed by atoms with E-state index in [4.69, 9.17) is 9.47 Å². The van der Waals surface area contributed by atoms with Gasteiger partial charge in [0.25, 0.3) is 0 Å². The molecule has 2 amide bonds. The Bertz CT molecular complexity index is 1080. The first-order valence-corrected chi connectivity index (χ1v) is 16.9. The lowest BCUT2D eigenvalue weighted by Gasteiger charge is -2.58. The zero-order valence-corrected chi connectivity index (χ0v) is 25.9. The third-order valence-electron chi connectivity index (χ3n) is 13.5. The van der Waals surface area contributed by atoms with Gasteiger partial charge in [-0.15, -0.1) is 0 Å². The molecule has 0 bridgehead atoms. The zero-order chi connectivity index (χ0) is 28.6. The van der Waals surface area contributed by atoms with Crippen LogP contribution >= 0.6 is 0 Å². The van der Waals surface area contributed by atoms with Gasteiger partial charge in [-0.1, -0.05) is 39.3 Å². The van der Waals surface area contributed by atoms with Gasteiger partial charge < -0.3 is 25.0 Å². The van der Waals surface area contributed by atoms with E-state index < -0.39 is 0 Å². The van der Waals surface area contributed by atoms with E-state index in [1.165, 1.54) is 32.1 Å². The highest BCUT2D eigenvalue weighted by Crippen LogP contribution is 2.70. The Balaban J connectivity index is 1.01. The lowest BCUT2D eigenvalue weighted by molar-refractivity contribution is -0.272. The van der Waals surface area contributed by atoms with Gasteiger partial charge in [-0.25, -0.2) is 0 Å². The second-order valence-corrected chi connectivity index (χ2v) is 15.6. The Morgan fingerprint density at radius 1 is 1.07 bits per heavy atom. The molecule has 0 aromatic heterocycles. The molecule has 2 N–H and O–H groups in total. The van der Waals surface area contributed by atoms with Gasteiger partial charge in [-0.3, -0.25) is 9.59 Å². The normalized spacial score (nSPS) is 49.0. The number of ether oxygens (including phenoxy) is 2. The van der Waals surface area contributed by atoms with Crippen LogP contribution in [0.25, 0.3) is 0 Å². The Kier molecular flexibility index (Phi) is 7.14. The van der Waals surface area contributed by atoms with Crippen LogP contribution in [-0.4, -0.2) is 67.4 Å². The van der Waals surface area contributed by atoms with Crippen LogP contribution in [-0.2, 0) is 19.1 Å². The molecule has 7 heteroatoms. The molecule has 11 atom stereocenters. The standard InChI is InChI=1S/C34H53N3O4/c1-21-7-12-34(40-20-21)22(2)31-28(41-34)18-27-25-6-5-23-17-24(8-10-32(23,3)26(25)9-11-33(27,31)4)36-29(38)19-30(39)37-15-13-35-14-16-37/h5,21-22,24-28,31,35H,6-20H2,1-4H3,(H,36,38)/t21-,22+,24?,25-,26+,27+,28+,31+,32+,33+,34-/m1/s1. The summed E-state index contributed by atoms with van der Waals surface area (Å²) in [6.07, 6.45) is 13.2. The minimum atomic E-state index is -0.337. The maximum absolute atomic E-state index is 12.8. The van der Waals surface area contributed by atoms with E-state index in [2.05, 4.69) is 44.4 Å². The molecule has 1 spiro atoms. The summed E-state index contributed by atoms with van der Waals surface area (Å²) < 4.78 is 13.5. The number of nitrogens with one attached hydrogen (secondary N) is 2. The molecule has 4 aliphatic carbocycles. The first-order valence-electron chi connectivity index (χ1n) is 16.9. The number of piperazine rings is 1. The zero-order valence-electron chi connectivity index (χ0n) is 25.9. The van der Waals surface area contributed by atoms with E-state index in [0.29, 0.717) is 42.4 Å². The van der Waals surface area contributed by atoms with Crippen molar-refractivity contribution in [3.8, 4) is 0 Å². The number of fused-ring (bicyclic) bond motifs is 7. The fourth-order valence-corrected chi connectivity index (χ4v) is 11.2. The van der Waals surface area contributed by atoms with E-state index in [1.54, 1.807) is 5.57 Å². The molecule has 3 saturated heterocycles. The van der Waals surface area contributed by atoms with Crippen LogP contribution in [0, 0.1) is 46.3 Å². The molecular formula is C34H53N3O4. The van der Waals surface area contributed by atoms with Crippen molar-refractivity contribution < 1.29 is 19.1 Å². The summed E-state index contributed by atoms with van der Waals surface area (Å²) in [5.41, 5.74) is 2.14. The van der Waals surface area contributed by atoms with Gasteiger partial charge in [0.1, 0.15) is 6.42 Å². The Morgan fingerprint density at radius 2 is 1.88 bits per heavy atom. The maximum atomic E-state index is 12.8. The minimum absolute atomic E-state index is 0.0219. The maximum Gasteiger partial charge on any atom is 0.232 e. The smallest absolute Gasteiger partial charge is 0.232 e. The average Bonchev–Trinajstić information content (AvgIpc) is 3.40. The molecule has 41 heavy (non-hydrogen) atoms. The molecule has 0 aromatic rings. The molecule has 7 rings (SSSR count). The van der Waals surface area contributed by atoms with Crippen molar-refractivity contribution in [1.82, 2.24) is 15.5 Å². The van der Waals surface area contributed by atoms with Crippen LogP contribution < -0.4 is 10.6 Å². The molecule has 228 valence electrons. The summed E-state index contributed by atoms with van der Waals surface area (Å²) in [7, 11) is 0. The molecule has 7 aliphatic rings. The lowest BCUT2D eigenvalue weighted by Crippen LogP contribution is -2.53. The first-order chi connectivity index (χ1) is 19.6.